The van der Waals surface area contributed by atoms with E-state index < -0.39 is 0 Å². The van der Waals surface area contributed by atoms with E-state index in [9.17, 15) is 4.79 Å². The van der Waals surface area contributed by atoms with Crippen molar-refractivity contribution >= 4 is 17.2 Å². The average Bonchev–Trinajstić information content (AvgIpc) is 3.06. The molecule has 1 aliphatic rings. The summed E-state index contributed by atoms with van der Waals surface area (Å²) < 4.78 is 7.45. The summed E-state index contributed by atoms with van der Waals surface area (Å²) >= 11 is 1.59. The van der Waals surface area contributed by atoms with Crippen molar-refractivity contribution < 1.29 is 9.53 Å². The normalized spacial score (nSPS) is 18.0. The molecule has 0 unspecified atom stereocenters. The van der Waals surface area contributed by atoms with Gasteiger partial charge in [0.25, 0.3) is 0 Å². The van der Waals surface area contributed by atoms with Gasteiger partial charge < -0.3 is 10.1 Å². The zero-order chi connectivity index (χ0) is 13.1. The summed E-state index contributed by atoms with van der Waals surface area (Å²) in [4.78, 5) is 12.8. The Morgan fingerprint density at radius 3 is 3.42 bits per heavy atom. The summed E-state index contributed by atoms with van der Waals surface area (Å²) in [6.07, 6.45) is 2.09. The van der Waals surface area contributed by atoms with Crippen LogP contribution in [0.2, 0.25) is 0 Å². The number of nitrogens with zero attached hydrogens (tertiary/aromatic N) is 3. The Morgan fingerprint density at radius 1 is 1.63 bits per heavy atom. The maximum absolute atomic E-state index is 11.8. The van der Waals surface area contributed by atoms with Crippen molar-refractivity contribution in [3.8, 4) is 0 Å². The number of ether oxygens (including phenoxy) is 1. The van der Waals surface area contributed by atoms with Gasteiger partial charge in [-0.15, -0.1) is 16.4 Å². The van der Waals surface area contributed by atoms with Crippen LogP contribution >= 0.6 is 11.3 Å². The minimum absolute atomic E-state index is 0.0236. The van der Waals surface area contributed by atoms with Gasteiger partial charge in [0.05, 0.1) is 37.6 Å². The highest BCUT2D eigenvalue weighted by atomic mass is 32.1. The van der Waals surface area contributed by atoms with Crippen molar-refractivity contribution in [2.75, 3.05) is 6.54 Å². The van der Waals surface area contributed by atoms with Gasteiger partial charge >= 0.3 is 0 Å². The predicted molar refractivity (Wildman–Crippen MR) is 69.6 cm³/mol. The van der Waals surface area contributed by atoms with Crippen LogP contribution in [-0.2, 0) is 29.1 Å². The van der Waals surface area contributed by atoms with Crippen molar-refractivity contribution in [3.05, 3.63) is 34.3 Å². The molecular formula is C12H14N4O2S. The van der Waals surface area contributed by atoms with Crippen molar-refractivity contribution in [2.24, 2.45) is 0 Å². The number of aromatic nitrogens is 3. The zero-order valence-electron chi connectivity index (χ0n) is 10.3. The molecule has 3 rings (SSSR count). The lowest BCUT2D eigenvalue weighted by Crippen LogP contribution is -2.39. The van der Waals surface area contributed by atoms with Crippen LogP contribution in [0.15, 0.2) is 23.7 Å². The van der Waals surface area contributed by atoms with Crippen LogP contribution in [-0.4, -0.2) is 33.5 Å². The number of carbonyl (C=O) groups is 1. The molecule has 1 atom stereocenters. The Morgan fingerprint density at radius 2 is 2.58 bits per heavy atom. The molecule has 2 aromatic heterocycles. The maximum atomic E-state index is 11.8. The molecule has 0 aliphatic carbocycles. The smallest absolute Gasteiger partial charge is 0.225 e. The number of carbonyl (C=O) groups excluding carboxylic acids is 1. The predicted octanol–water partition coefficient (Wildman–Crippen LogP) is 0.597. The first-order valence-electron chi connectivity index (χ1n) is 6.09. The molecule has 3 heterocycles. The minimum Gasteiger partial charge on any atom is -0.368 e. The first-order chi connectivity index (χ1) is 9.31. The van der Waals surface area contributed by atoms with E-state index in [0.717, 1.165) is 10.6 Å². The molecule has 1 N–H and O–H groups in total. The third kappa shape index (κ3) is 2.99. The van der Waals surface area contributed by atoms with E-state index in [1.807, 2.05) is 22.2 Å². The lowest BCUT2D eigenvalue weighted by Gasteiger charge is -2.23. The molecule has 19 heavy (non-hydrogen) atoms. The van der Waals surface area contributed by atoms with Crippen LogP contribution in [0.1, 0.15) is 10.6 Å². The second-order valence-corrected chi connectivity index (χ2v) is 5.43. The molecule has 0 bridgehead atoms. The molecule has 7 heteroatoms. The summed E-state index contributed by atoms with van der Waals surface area (Å²) in [5.74, 6) is 0.0236. The number of nitrogens with one attached hydrogen (secondary N) is 1. The number of fused-ring (bicyclic) bond motifs is 1. The Balaban J connectivity index is 1.47. The van der Waals surface area contributed by atoms with Gasteiger partial charge in [-0.05, 0) is 11.4 Å². The number of rotatable bonds is 4. The fourth-order valence-electron chi connectivity index (χ4n) is 1.98. The largest absolute Gasteiger partial charge is 0.368 e. The van der Waals surface area contributed by atoms with Gasteiger partial charge in [-0.1, -0.05) is 11.3 Å². The molecular weight excluding hydrogens is 264 g/mol. The topological polar surface area (TPSA) is 69.0 Å². The van der Waals surface area contributed by atoms with Gasteiger partial charge in [-0.2, -0.15) is 0 Å². The molecule has 0 saturated heterocycles. The molecule has 0 aromatic carbocycles. The van der Waals surface area contributed by atoms with Gasteiger partial charge in [-0.25, -0.2) is 4.68 Å². The molecule has 6 nitrogen and oxygen atoms in total. The van der Waals surface area contributed by atoms with Crippen molar-refractivity contribution in [3.63, 3.8) is 0 Å². The number of hydrogen-bond acceptors (Lipinski definition) is 5. The Labute approximate surface area is 114 Å². The SMILES string of the molecule is O=C(Cc1cccs1)NC[C@H]1Cn2nncc2CO1. The fraction of sp³-hybridized carbons (Fsp3) is 0.417. The van der Waals surface area contributed by atoms with Crippen LogP contribution in [0, 0.1) is 0 Å². The third-order valence-electron chi connectivity index (χ3n) is 2.98. The van der Waals surface area contributed by atoms with E-state index in [4.69, 9.17) is 4.74 Å². The number of amides is 1. The van der Waals surface area contributed by atoms with Gasteiger partial charge in [0.15, 0.2) is 0 Å². The minimum atomic E-state index is -0.0403. The van der Waals surface area contributed by atoms with Crippen LogP contribution in [0.25, 0.3) is 0 Å². The summed E-state index contributed by atoms with van der Waals surface area (Å²) in [7, 11) is 0. The van der Waals surface area contributed by atoms with Gasteiger partial charge in [0.1, 0.15) is 0 Å². The van der Waals surface area contributed by atoms with E-state index in [1.165, 1.54) is 0 Å². The number of thiophene rings is 1. The van der Waals surface area contributed by atoms with Crippen molar-refractivity contribution in [2.45, 2.75) is 25.7 Å². The highest BCUT2D eigenvalue weighted by Crippen LogP contribution is 2.11. The quantitative estimate of drug-likeness (QED) is 0.889. The molecule has 0 spiro atoms. The second kappa shape index (κ2) is 5.50. The molecule has 1 amide bonds. The Hall–Kier alpha value is -1.73. The molecule has 1 aliphatic heterocycles. The van der Waals surface area contributed by atoms with E-state index in [1.54, 1.807) is 17.5 Å². The highest BCUT2D eigenvalue weighted by Gasteiger charge is 2.20. The van der Waals surface area contributed by atoms with Crippen LogP contribution < -0.4 is 5.32 Å². The van der Waals surface area contributed by atoms with Gasteiger partial charge in [-0.3, -0.25) is 4.79 Å². The van der Waals surface area contributed by atoms with E-state index >= 15 is 0 Å². The lowest BCUT2D eigenvalue weighted by atomic mass is 10.2. The Bertz CT molecular complexity index is 552. The first-order valence-corrected chi connectivity index (χ1v) is 6.97. The van der Waals surface area contributed by atoms with E-state index in [2.05, 4.69) is 15.6 Å². The summed E-state index contributed by atoms with van der Waals surface area (Å²) in [6, 6.07) is 3.91. The third-order valence-corrected chi connectivity index (χ3v) is 3.86. The summed E-state index contributed by atoms with van der Waals surface area (Å²) in [6.45, 7) is 1.64. The number of hydrogen-bond donors (Lipinski definition) is 1. The molecule has 100 valence electrons. The summed E-state index contributed by atoms with van der Waals surface area (Å²) in [5, 5.41) is 12.7. The average molecular weight is 278 g/mol. The van der Waals surface area contributed by atoms with Crippen LogP contribution in [0.5, 0.6) is 0 Å². The maximum Gasteiger partial charge on any atom is 0.225 e. The standard InChI is InChI=1S/C12H14N4O2S/c17-12(4-11-2-1-3-19-11)13-6-10-7-16-9(8-18-10)5-14-15-16/h1-3,5,10H,4,6-8H2,(H,13,17)/t10-/m0/s1. The van der Waals surface area contributed by atoms with Gasteiger partial charge in [0.2, 0.25) is 5.91 Å². The van der Waals surface area contributed by atoms with Crippen LogP contribution in [0.4, 0.5) is 0 Å². The second-order valence-electron chi connectivity index (χ2n) is 4.40. The molecule has 2 aromatic rings. The molecule has 0 radical (unpaired) electrons. The van der Waals surface area contributed by atoms with E-state index in [0.29, 0.717) is 26.1 Å². The van der Waals surface area contributed by atoms with Crippen molar-refractivity contribution in [1.29, 1.82) is 0 Å². The Kier molecular flexibility index (Phi) is 3.56. The monoisotopic (exact) mass is 278 g/mol. The van der Waals surface area contributed by atoms with E-state index in [-0.39, 0.29) is 12.0 Å². The van der Waals surface area contributed by atoms with Crippen LogP contribution in [0.3, 0.4) is 0 Å². The fourth-order valence-corrected chi connectivity index (χ4v) is 2.68. The first kappa shape index (κ1) is 12.3. The highest BCUT2D eigenvalue weighted by molar-refractivity contribution is 7.10. The van der Waals surface area contributed by atoms with Crippen molar-refractivity contribution in [1.82, 2.24) is 20.3 Å². The lowest BCUT2D eigenvalue weighted by molar-refractivity contribution is -0.121. The molecule has 0 fully saturated rings. The van der Waals surface area contributed by atoms with Gasteiger partial charge in [0, 0.05) is 11.4 Å². The zero-order valence-corrected chi connectivity index (χ0v) is 11.1. The molecule has 0 saturated carbocycles. The summed E-state index contributed by atoms with van der Waals surface area (Å²) in [5.41, 5.74) is 0.973.